The summed E-state index contributed by atoms with van der Waals surface area (Å²) in [5.74, 6) is -0.654. The van der Waals surface area contributed by atoms with Crippen molar-refractivity contribution in [1.82, 2.24) is 4.98 Å². The van der Waals surface area contributed by atoms with Gasteiger partial charge in [-0.05, 0) is 56.1 Å². The first-order valence-corrected chi connectivity index (χ1v) is 7.57. The lowest BCUT2D eigenvalue weighted by atomic mass is 10.1. The zero-order chi connectivity index (χ0) is 13.6. The number of thiophene rings is 1. The van der Waals surface area contributed by atoms with Gasteiger partial charge in [0.05, 0.1) is 13.1 Å². The molecule has 0 amide bonds. The molecule has 0 saturated carbocycles. The highest BCUT2D eigenvalue weighted by Crippen LogP contribution is 2.33. The number of carbonyl (C=O) groups is 1. The molecule has 7 heteroatoms. The first-order chi connectivity index (χ1) is 9.04. The summed E-state index contributed by atoms with van der Waals surface area (Å²) in [5, 5.41) is 0. The lowest BCUT2D eigenvalue weighted by Crippen LogP contribution is -1.99. The van der Waals surface area contributed by atoms with Crippen molar-refractivity contribution in [2.75, 3.05) is 0 Å². The van der Waals surface area contributed by atoms with Crippen LogP contribution in [0.2, 0.25) is 0 Å². The number of nitrogens with one attached hydrogen (secondary N) is 1. The van der Waals surface area contributed by atoms with Gasteiger partial charge in [-0.25, -0.2) is 4.79 Å². The molecule has 0 fully saturated rings. The van der Waals surface area contributed by atoms with Crippen LogP contribution in [-0.2, 0) is 0 Å². The van der Waals surface area contributed by atoms with E-state index in [9.17, 15) is 9.59 Å². The van der Waals surface area contributed by atoms with Crippen LogP contribution >= 0.6 is 43.2 Å². The molecular weight excluding hydrogens is 398 g/mol. The number of hydrogen-bond donors (Lipinski definition) is 1. The molecule has 0 saturated heterocycles. The van der Waals surface area contributed by atoms with Gasteiger partial charge in [0.15, 0.2) is 11.4 Å². The third-order valence-corrected chi connectivity index (χ3v) is 4.92. The zero-order valence-corrected chi connectivity index (χ0v) is 13.2. The number of oxazole rings is 1. The number of carbonyl (C=O) groups excluding carboxylic acids is 1. The van der Waals surface area contributed by atoms with Crippen LogP contribution < -0.4 is 5.76 Å². The van der Waals surface area contributed by atoms with Gasteiger partial charge >= 0.3 is 5.76 Å². The first-order valence-electron chi connectivity index (χ1n) is 5.17. The smallest absolute Gasteiger partial charge is 0.408 e. The summed E-state index contributed by atoms with van der Waals surface area (Å²) in [6.45, 7) is 0. The van der Waals surface area contributed by atoms with E-state index in [1.54, 1.807) is 24.3 Å². The fraction of sp³-hybridized carbons (Fsp3) is 0. The normalized spacial score (nSPS) is 11.1. The molecule has 19 heavy (non-hydrogen) atoms. The monoisotopic (exact) mass is 401 g/mol. The van der Waals surface area contributed by atoms with Crippen LogP contribution in [0, 0.1) is 0 Å². The fourth-order valence-electron chi connectivity index (χ4n) is 1.74. The highest BCUT2D eigenvalue weighted by molar-refractivity contribution is 9.12. The Hall–Kier alpha value is -1.18. The third-order valence-electron chi connectivity index (χ3n) is 2.58. The van der Waals surface area contributed by atoms with Crippen molar-refractivity contribution in [2.45, 2.75) is 0 Å². The van der Waals surface area contributed by atoms with Gasteiger partial charge in [-0.1, -0.05) is 0 Å². The Kier molecular flexibility index (Phi) is 3.20. The molecule has 96 valence electrons. The Balaban J connectivity index is 2.10. The second kappa shape index (κ2) is 4.73. The zero-order valence-electron chi connectivity index (χ0n) is 9.20. The maximum Gasteiger partial charge on any atom is 0.417 e. The predicted octanol–water partition coefficient (Wildman–Crippen LogP) is 3.94. The highest BCUT2D eigenvalue weighted by Gasteiger charge is 2.16. The molecule has 0 aliphatic carbocycles. The summed E-state index contributed by atoms with van der Waals surface area (Å²) in [6.07, 6.45) is 0. The summed E-state index contributed by atoms with van der Waals surface area (Å²) in [6, 6.07) is 6.64. The maximum atomic E-state index is 12.4. The molecule has 2 aromatic heterocycles. The second-order valence-corrected chi connectivity index (χ2v) is 7.54. The molecule has 2 heterocycles. The predicted molar refractivity (Wildman–Crippen MR) is 80.0 cm³/mol. The van der Waals surface area contributed by atoms with E-state index in [1.807, 2.05) is 0 Å². The minimum atomic E-state index is -0.529. The van der Waals surface area contributed by atoms with Gasteiger partial charge in [0.2, 0.25) is 0 Å². The molecule has 4 nitrogen and oxygen atoms in total. The van der Waals surface area contributed by atoms with Crippen LogP contribution in [0.25, 0.3) is 11.1 Å². The van der Waals surface area contributed by atoms with Crippen molar-refractivity contribution in [3.8, 4) is 0 Å². The average Bonchev–Trinajstić information content (AvgIpc) is 2.88. The van der Waals surface area contributed by atoms with E-state index in [0.29, 0.717) is 22.2 Å². The Morgan fingerprint density at radius 1 is 1.26 bits per heavy atom. The lowest BCUT2D eigenvalue weighted by Gasteiger charge is -1.99. The molecule has 0 aliphatic rings. The number of aromatic nitrogens is 1. The van der Waals surface area contributed by atoms with Gasteiger partial charge in [0.1, 0.15) is 0 Å². The van der Waals surface area contributed by atoms with E-state index >= 15 is 0 Å². The lowest BCUT2D eigenvalue weighted by molar-refractivity contribution is 0.103. The number of benzene rings is 1. The van der Waals surface area contributed by atoms with Crippen molar-refractivity contribution < 1.29 is 9.21 Å². The number of H-pyrrole nitrogens is 1. The highest BCUT2D eigenvalue weighted by atomic mass is 79.9. The molecule has 3 aromatic rings. The van der Waals surface area contributed by atoms with Crippen molar-refractivity contribution in [1.29, 1.82) is 0 Å². The number of halogens is 2. The second-order valence-electron chi connectivity index (χ2n) is 3.79. The number of fused-ring (bicyclic) bond motifs is 1. The van der Waals surface area contributed by atoms with E-state index < -0.39 is 5.76 Å². The molecule has 0 aliphatic heterocycles. The minimum absolute atomic E-state index is 0.125. The molecule has 0 bridgehead atoms. The summed E-state index contributed by atoms with van der Waals surface area (Å²) in [5.41, 5.74) is 2.00. The van der Waals surface area contributed by atoms with Crippen LogP contribution in [0.4, 0.5) is 0 Å². The summed E-state index contributed by atoms with van der Waals surface area (Å²) in [4.78, 5) is 26.0. The molecule has 1 aromatic carbocycles. The summed E-state index contributed by atoms with van der Waals surface area (Å²) < 4.78 is 6.58. The number of rotatable bonds is 2. The van der Waals surface area contributed by atoms with Gasteiger partial charge in [-0.2, -0.15) is 0 Å². The SMILES string of the molecule is O=C(c1ccc2[nH]c(=O)oc2c1)c1cc(Br)sc1Br. The molecule has 0 unspecified atom stereocenters. The quantitative estimate of drug-likeness (QED) is 0.660. The minimum Gasteiger partial charge on any atom is -0.408 e. The number of ketones is 1. The molecule has 0 spiro atoms. The van der Waals surface area contributed by atoms with Gasteiger partial charge in [0, 0.05) is 11.1 Å². The van der Waals surface area contributed by atoms with Crippen LogP contribution in [0.5, 0.6) is 0 Å². The van der Waals surface area contributed by atoms with Crippen LogP contribution in [-0.4, -0.2) is 10.8 Å². The molecule has 3 rings (SSSR count). The number of aromatic amines is 1. The Bertz CT molecular complexity index is 846. The Morgan fingerprint density at radius 3 is 2.74 bits per heavy atom. The Morgan fingerprint density at radius 2 is 2.05 bits per heavy atom. The molecular formula is C12H5Br2NO3S. The van der Waals surface area contributed by atoms with Gasteiger partial charge < -0.3 is 4.42 Å². The number of hydrogen-bond acceptors (Lipinski definition) is 4. The van der Waals surface area contributed by atoms with Crippen molar-refractivity contribution in [2.24, 2.45) is 0 Å². The molecule has 0 radical (unpaired) electrons. The van der Waals surface area contributed by atoms with E-state index in [-0.39, 0.29) is 5.78 Å². The summed E-state index contributed by atoms with van der Waals surface area (Å²) >= 11 is 8.13. The van der Waals surface area contributed by atoms with Crippen molar-refractivity contribution in [3.05, 3.63) is 53.5 Å². The van der Waals surface area contributed by atoms with Gasteiger partial charge in [0.25, 0.3) is 0 Å². The topological polar surface area (TPSA) is 63.1 Å². The van der Waals surface area contributed by atoms with Crippen molar-refractivity contribution in [3.63, 3.8) is 0 Å². The Labute approximate surface area is 127 Å². The van der Waals surface area contributed by atoms with E-state index in [2.05, 4.69) is 36.8 Å². The van der Waals surface area contributed by atoms with Crippen LogP contribution in [0.15, 0.2) is 41.0 Å². The third kappa shape index (κ3) is 2.33. The standard InChI is InChI=1S/C12H5Br2NO3S/c13-9-4-6(11(14)19-9)10(16)5-1-2-7-8(3-5)18-12(17)15-7/h1-4H,(H,15,17). The molecule has 1 N–H and O–H groups in total. The fourth-order valence-corrected chi connectivity index (χ4v) is 4.53. The van der Waals surface area contributed by atoms with Crippen LogP contribution in [0.3, 0.4) is 0 Å². The summed E-state index contributed by atoms with van der Waals surface area (Å²) in [7, 11) is 0. The van der Waals surface area contributed by atoms with E-state index in [1.165, 1.54) is 11.3 Å². The molecule has 0 atom stereocenters. The van der Waals surface area contributed by atoms with Gasteiger partial charge in [-0.15, -0.1) is 11.3 Å². The van der Waals surface area contributed by atoms with E-state index in [0.717, 1.165) is 7.57 Å². The largest absolute Gasteiger partial charge is 0.417 e. The van der Waals surface area contributed by atoms with Crippen LogP contribution in [0.1, 0.15) is 15.9 Å². The van der Waals surface area contributed by atoms with Crippen molar-refractivity contribution >= 4 is 60.1 Å². The first kappa shape index (κ1) is 12.8. The maximum absolute atomic E-state index is 12.4. The van der Waals surface area contributed by atoms with Gasteiger partial charge in [-0.3, -0.25) is 9.78 Å². The average molecular weight is 403 g/mol. The van der Waals surface area contributed by atoms with E-state index in [4.69, 9.17) is 4.42 Å².